The molecule has 0 radical (unpaired) electrons. The third-order valence-electron chi connectivity index (χ3n) is 4.31. The lowest BCUT2D eigenvalue weighted by atomic mass is 10.1. The van der Waals surface area contributed by atoms with E-state index >= 15 is 0 Å². The number of imidazole rings is 1. The van der Waals surface area contributed by atoms with Gasteiger partial charge in [0.1, 0.15) is 6.54 Å². The van der Waals surface area contributed by atoms with E-state index in [1.165, 1.54) is 18.2 Å². The van der Waals surface area contributed by atoms with Crippen LogP contribution in [0.15, 0.2) is 29.4 Å². The summed E-state index contributed by atoms with van der Waals surface area (Å²) in [5.41, 5.74) is 1.75. The van der Waals surface area contributed by atoms with Gasteiger partial charge in [0.05, 0.1) is 22.9 Å². The average Bonchev–Trinajstić information content (AvgIpc) is 2.98. The van der Waals surface area contributed by atoms with E-state index in [1.807, 2.05) is 47.6 Å². The minimum atomic E-state index is -0.272. The summed E-state index contributed by atoms with van der Waals surface area (Å²) >= 11 is 1.32. The van der Waals surface area contributed by atoms with Crippen LogP contribution in [-0.4, -0.2) is 51.3 Å². The first-order chi connectivity index (χ1) is 12.5. The molecule has 1 aliphatic heterocycles. The quantitative estimate of drug-likeness (QED) is 0.573. The van der Waals surface area contributed by atoms with Crippen molar-refractivity contribution in [2.24, 2.45) is 0 Å². The zero-order chi connectivity index (χ0) is 18.5. The van der Waals surface area contributed by atoms with E-state index < -0.39 is 0 Å². The number of benzene rings is 1. The van der Waals surface area contributed by atoms with Crippen molar-refractivity contribution in [2.45, 2.75) is 50.9 Å². The van der Waals surface area contributed by atoms with E-state index in [9.17, 15) is 9.59 Å². The predicted octanol–water partition coefficient (Wildman–Crippen LogP) is 3.09. The zero-order valence-corrected chi connectivity index (χ0v) is 16.1. The predicted molar refractivity (Wildman–Crippen MR) is 102 cm³/mol. The van der Waals surface area contributed by atoms with Gasteiger partial charge < -0.3 is 14.2 Å². The fourth-order valence-electron chi connectivity index (χ4n) is 3.12. The minimum Gasteiger partial charge on any atom is -0.462 e. The molecule has 0 atom stereocenters. The van der Waals surface area contributed by atoms with Gasteiger partial charge in [-0.05, 0) is 45.2 Å². The zero-order valence-electron chi connectivity index (χ0n) is 15.3. The summed E-state index contributed by atoms with van der Waals surface area (Å²) in [5.74, 6) is 0.0183. The van der Waals surface area contributed by atoms with E-state index in [0.29, 0.717) is 5.16 Å². The highest BCUT2D eigenvalue weighted by atomic mass is 32.2. The van der Waals surface area contributed by atoms with Crippen LogP contribution >= 0.6 is 11.8 Å². The third-order valence-corrected chi connectivity index (χ3v) is 5.26. The number of esters is 1. The Balaban J connectivity index is 1.78. The van der Waals surface area contributed by atoms with Crippen LogP contribution in [0.3, 0.4) is 0 Å². The Kier molecular flexibility index (Phi) is 6.19. The number of likely N-dealkylation sites (tertiary alicyclic amines) is 1. The van der Waals surface area contributed by atoms with Crippen molar-refractivity contribution in [1.82, 2.24) is 14.5 Å². The number of carbonyl (C=O) groups excluding carboxylic acids is 2. The molecule has 7 heteroatoms. The lowest BCUT2D eigenvalue weighted by molar-refractivity contribution is -0.144. The molecular formula is C19H25N3O3S. The van der Waals surface area contributed by atoms with Crippen LogP contribution in [0.25, 0.3) is 11.0 Å². The molecule has 26 heavy (non-hydrogen) atoms. The maximum atomic E-state index is 12.7. The first kappa shape index (κ1) is 18.8. The highest BCUT2D eigenvalue weighted by Gasteiger charge is 2.20. The highest BCUT2D eigenvalue weighted by Crippen LogP contribution is 2.25. The van der Waals surface area contributed by atoms with Crippen molar-refractivity contribution in [3.05, 3.63) is 24.3 Å². The van der Waals surface area contributed by atoms with Gasteiger partial charge in [0.15, 0.2) is 5.16 Å². The van der Waals surface area contributed by atoms with Gasteiger partial charge in [-0.3, -0.25) is 9.59 Å². The largest absolute Gasteiger partial charge is 0.462 e. The van der Waals surface area contributed by atoms with E-state index in [0.717, 1.165) is 37.0 Å². The number of ether oxygens (including phenoxy) is 1. The van der Waals surface area contributed by atoms with Crippen LogP contribution in [0.2, 0.25) is 0 Å². The normalized spacial score (nSPS) is 14.8. The summed E-state index contributed by atoms with van der Waals surface area (Å²) in [5, 5.41) is 0.678. The molecule has 2 heterocycles. The molecule has 2 aromatic rings. The molecule has 0 spiro atoms. The number of rotatable bonds is 6. The Morgan fingerprint density at radius 1 is 1.19 bits per heavy atom. The molecule has 0 unspecified atom stereocenters. The van der Waals surface area contributed by atoms with Crippen molar-refractivity contribution in [2.75, 3.05) is 18.8 Å². The van der Waals surface area contributed by atoms with Crippen molar-refractivity contribution >= 4 is 34.7 Å². The van der Waals surface area contributed by atoms with Gasteiger partial charge in [-0.1, -0.05) is 23.9 Å². The first-order valence-corrected chi connectivity index (χ1v) is 10.1. The summed E-state index contributed by atoms with van der Waals surface area (Å²) in [6.45, 7) is 5.57. The first-order valence-electron chi connectivity index (χ1n) is 9.10. The summed E-state index contributed by atoms with van der Waals surface area (Å²) < 4.78 is 7.11. The summed E-state index contributed by atoms with van der Waals surface area (Å²) in [6.07, 6.45) is 3.19. The average molecular weight is 375 g/mol. The Bertz CT molecular complexity index is 781. The smallest absolute Gasteiger partial charge is 0.316 e. The number of thioether (sulfide) groups is 1. The Morgan fingerprint density at radius 2 is 1.92 bits per heavy atom. The van der Waals surface area contributed by atoms with Gasteiger partial charge in [-0.25, -0.2) is 4.98 Å². The molecule has 1 saturated heterocycles. The number of para-hydroxylation sites is 2. The molecule has 6 nitrogen and oxygen atoms in total. The molecule has 0 N–H and O–H groups in total. The highest BCUT2D eigenvalue weighted by molar-refractivity contribution is 7.99. The molecular weight excluding hydrogens is 350 g/mol. The van der Waals surface area contributed by atoms with E-state index in [1.54, 1.807) is 0 Å². The Labute approximate surface area is 157 Å². The van der Waals surface area contributed by atoms with Crippen LogP contribution in [0, 0.1) is 0 Å². The maximum Gasteiger partial charge on any atom is 0.316 e. The summed E-state index contributed by atoms with van der Waals surface area (Å²) in [7, 11) is 0. The molecule has 0 aliphatic carbocycles. The number of hydrogen-bond donors (Lipinski definition) is 0. The number of carbonyl (C=O) groups is 2. The second-order valence-corrected chi connectivity index (χ2v) is 7.68. The van der Waals surface area contributed by atoms with Crippen LogP contribution in [0.5, 0.6) is 0 Å². The van der Waals surface area contributed by atoms with Crippen LogP contribution in [-0.2, 0) is 20.9 Å². The Hall–Kier alpha value is -2.02. The fourth-order valence-corrected chi connectivity index (χ4v) is 3.91. The monoisotopic (exact) mass is 375 g/mol. The molecule has 1 aliphatic rings. The van der Waals surface area contributed by atoms with Crippen molar-refractivity contribution in [1.29, 1.82) is 0 Å². The molecule has 1 aromatic heterocycles. The molecule has 3 rings (SSSR count). The van der Waals surface area contributed by atoms with Crippen LogP contribution in [0.4, 0.5) is 0 Å². The second-order valence-electron chi connectivity index (χ2n) is 6.74. The van der Waals surface area contributed by atoms with E-state index in [-0.39, 0.29) is 30.3 Å². The summed E-state index contributed by atoms with van der Waals surface area (Å²) in [6, 6.07) is 7.75. The van der Waals surface area contributed by atoms with Crippen LogP contribution in [0.1, 0.15) is 33.1 Å². The lowest BCUT2D eigenvalue weighted by Crippen LogP contribution is -2.37. The van der Waals surface area contributed by atoms with Gasteiger partial charge in [0.25, 0.3) is 0 Å². The topological polar surface area (TPSA) is 64.4 Å². The number of nitrogens with zero attached hydrogens (tertiary/aromatic N) is 3. The SMILES string of the molecule is CC(C)OC(=O)CSc1nc2ccccc2n1CC(=O)N1CCCCC1. The fraction of sp³-hybridized carbons (Fsp3) is 0.526. The number of piperidine rings is 1. The van der Waals surface area contributed by atoms with Crippen molar-refractivity contribution in [3.63, 3.8) is 0 Å². The van der Waals surface area contributed by atoms with Crippen molar-refractivity contribution < 1.29 is 14.3 Å². The molecule has 0 bridgehead atoms. The summed E-state index contributed by atoms with van der Waals surface area (Å²) in [4.78, 5) is 31.1. The molecule has 0 saturated carbocycles. The van der Waals surface area contributed by atoms with Gasteiger partial charge in [-0.15, -0.1) is 0 Å². The third kappa shape index (κ3) is 4.58. The number of hydrogen-bond acceptors (Lipinski definition) is 5. The number of amides is 1. The van der Waals surface area contributed by atoms with Gasteiger partial charge in [0.2, 0.25) is 5.91 Å². The number of fused-ring (bicyclic) bond motifs is 1. The standard InChI is InChI=1S/C19H25N3O3S/c1-14(2)25-18(24)13-26-19-20-15-8-4-5-9-16(15)22(19)12-17(23)21-10-6-3-7-11-21/h4-5,8-9,14H,3,6-7,10-13H2,1-2H3. The van der Waals surface area contributed by atoms with E-state index in [4.69, 9.17) is 4.74 Å². The van der Waals surface area contributed by atoms with Crippen LogP contribution < -0.4 is 0 Å². The molecule has 1 amide bonds. The number of aromatic nitrogens is 2. The van der Waals surface area contributed by atoms with Crippen molar-refractivity contribution in [3.8, 4) is 0 Å². The lowest BCUT2D eigenvalue weighted by Gasteiger charge is -2.27. The van der Waals surface area contributed by atoms with E-state index in [2.05, 4.69) is 4.98 Å². The minimum absolute atomic E-state index is 0.111. The second kappa shape index (κ2) is 8.58. The molecule has 140 valence electrons. The van der Waals surface area contributed by atoms with Gasteiger partial charge in [0, 0.05) is 13.1 Å². The Morgan fingerprint density at radius 3 is 2.65 bits per heavy atom. The van der Waals surface area contributed by atoms with Gasteiger partial charge in [-0.2, -0.15) is 0 Å². The molecule has 1 aromatic carbocycles. The van der Waals surface area contributed by atoms with Gasteiger partial charge >= 0.3 is 5.97 Å². The maximum absolute atomic E-state index is 12.7. The molecule has 1 fully saturated rings.